The molecular weight excluding hydrogens is 308 g/mol. The number of benzene rings is 1. The Hall–Kier alpha value is -1.06. The molecule has 0 unspecified atom stereocenters. The van der Waals surface area contributed by atoms with Crippen molar-refractivity contribution in [2.75, 3.05) is 30.8 Å². The van der Waals surface area contributed by atoms with E-state index < -0.39 is 0 Å². The molecule has 1 aromatic rings. The number of unbranched alkanes of at least 4 members (excludes halogenated alkanes) is 2. The second kappa shape index (κ2) is 13.4. The van der Waals surface area contributed by atoms with Crippen LogP contribution in [-0.2, 0) is 4.79 Å². The Balaban J connectivity index is 0.000000688. The fourth-order valence-electron chi connectivity index (χ4n) is 2.19. The van der Waals surface area contributed by atoms with Crippen molar-refractivity contribution >= 4 is 23.2 Å². The third kappa shape index (κ3) is 9.62. The number of rotatable bonds is 8. The van der Waals surface area contributed by atoms with Crippen LogP contribution in [0.5, 0.6) is 0 Å². The Morgan fingerprint density at radius 2 is 1.65 bits per heavy atom. The smallest absolute Gasteiger partial charge is 0.238 e. The third-order valence-electron chi connectivity index (χ3n) is 3.74. The zero-order valence-corrected chi connectivity index (χ0v) is 16.2. The Morgan fingerprint density at radius 1 is 1.09 bits per heavy atom. The summed E-state index contributed by atoms with van der Waals surface area (Å²) in [6, 6.07) is 6.03. The number of aryl methyl sites for hydroxylation is 2. The monoisotopic (exact) mass is 340 g/mol. The summed E-state index contributed by atoms with van der Waals surface area (Å²) < 4.78 is 0. The highest BCUT2D eigenvalue weighted by molar-refractivity contribution is 6.17. The number of amides is 1. The van der Waals surface area contributed by atoms with E-state index in [2.05, 4.69) is 31.0 Å². The van der Waals surface area contributed by atoms with Crippen LogP contribution in [0.1, 0.15) is 51.2 Å². The number of hydrogen-bond donors (Lipinski definition) is 1. The maximum Gasteiger partial charge on any atom is 0.238 e. The van der Waals surface area contributed by atoms with Gasteiger partial charge in [-0.25, -0.2) is 0 Å². The third-order valence-corrected chi connectivity index (χ3v) is 4.01. The van der Waals surface area contributed by atoms with Gasteiger partial charge >= 0.3 is 0 Å². The summed E-state index contributed by atoms with van der Waals surface area (Å²) in [6.45, 7) is 12.6. The molecule has 0 bridgehead atoms. The van der Waals surface area contributed by atoms with Crippen LogP contribution in [0.3, 0.4) is 0 Å². The molecule has 1 rings (SSSR count). The van der Waals surface area contributed by atoms with Gasteiger partial charge in [-0.1, -0.05) is 51.8 Å². The first kappa shape index (κ1) is 21.9. The van der Waals surface area contributed by atoms with Crippen molar-refractivity contribution in [3.05, 3.63) is 29.3 Å². The van der Waals surface area contributed by atoms with Gasteiger partial charge in [0.2, 0.25) is 5.91 Å². The molecule has 1 N–H and O–H groups in total. The van der Waals surface area contributed by atoms with E-state index in [4.69, 9.17) is 11.6 Å². The molecule has 0 saturated carbocycles. The lowest BCUT2D eigenvalue weighted by atomic mass is 10.1. The molecule has 0 spiro atoms. The average Bonchev–Trinajstić information content (AvgIpc) is 2.54. The van der Waals surface area contributed by atoms with Crippen molar-refractivity contribution in [3.8, 4) is 0 Å². The summed E-state index contributed by atoms with van der Waals surface area (Å²) in [5.41, 5.74) is 3.17. The average molecular weight is 341 g/mol. The van der Waals surface area contributed by atoms with Crippen LogP contribution in [0, 0.1) is 13.8 Å². The van der Waals surface area contributed by atoms with Crippen LogP contribution in [0.25, 0.3) is 0 Å². The second-order valence-electron chi connectivity index (χ2n) is 5.67. The first-order chi connectivity index (χ1) is 11.0. The molecule has 0 fully saturated rings. The molecule has 4 heteroatoms. The van der Waals surface area contributed by atoms with E-state index in [9.17, 15) is 4.79 Å². The molecule has 1 amide bonds. The molecule has 0 aromatic heterocycles. The molecule has 1 aromatic carbocycles. The van der Waals surface area contributed by atoms with Crippen LogP contribution >= 0.6 is 11.6 Å². The predicted molar refractivity (Wildman–Crippen MR) is 103 cm³/mol. The Morgan fingerprint density at radius 3 is 2.04 bits per heavy atom. The highest BCUT2D eigenvalue weighted by atomic mass is 35.5. The number of para-hydroxylation sites is 1. The number of nitrogens with zero attached hydrogens (tertiary/aromatic N) is 1. The topological polar surface area (TPSA) is 32.3 Å². The van der Waals surface area contributed by atoms with Crippen molar-refractivity contribution in [2.45, 2.75) is 53.9 Å². The molecule has 0 heterocycles. The first-order valence-electron chi connectivity index (χ1n) is 8.64. The minimum atomic E-state index is 0.0612. The molecule has 0 radical (unpaired) electrons. The number of carbonyl (C=O) groups excluding carboxylic acids is 1. The van der Waals surface area contributed by atoms with Gasteiger partial charge < -0.3 is 5.32 Å². The number of halogens is 1. The molecule has 23 heavy (non-hydrogen) atoms. The standard InChI is InChI=1S/C14H22N2O.C5H11Cl/c1-5-16(6-2)10-13(17)15-14-11(3)8-7-9-12(14)4;1-2-3-4-5-6/h7-9H,5-6,10H2,1-4H3,(H,15,17);2-5H2,1H3. The van der Waals surface area contributed by atoms with E-state index in [-0.39, 0.29) is 5.91 Å². The maximum atomic E-state index is 11.9. The Labute approximate surface area is 147 Å². The van der Waals surface area contributed by atoms with Crippen LogP contribution < -0.4 is 5.32 Å². The van der Waals surface area contributed by atoms with Crippen molar-refractivity contribution in [2.24, 2.45) is 0 Å². The normalized spacial score (nSPS) is 10.2. The summed E-state index contributed by atoms with van der Waals surface area (Å²) >= 11 is 5.38. The molecule has 0 aliphatic carbocycles. The molecular formula is C19H33ClN2O. The molecule has 0 aliphatic rings. The zero-order chi connectivity index (χ0) is 17.7. The molecule has 132 valence electrons. The van der Waals surface area contributed by atoms with E-state index in [1.807, 2.05) is 32.0 Å². The molecule has 0 saturated heterocycles. The number of hydrogen-bond acceptors (Lipinski definition) is 2. The van der Waals surface area contributed by atoms with Crippen molar-refractivity contribution in [3.63, 3.8) is 0 Å². The highest BCUT2D eigenvalue weighted by Gasteiger charge is 2.09. The lowest BCUT2D eigenvalue weighted by Gasteiger charge is -2.18. The van der Waals surface area contributed by atoms with Crippen LogP contribution in [0.4, 0.5) is 5.69 Å². The number of alkyl halides is 1. The van der Waals surface area contributed by atoms with Gasteiger partial charge in [0, 0.05) is 11.6 Å². The summed E-state index contributed by atoms with van der Waals surface area (Å²) in [5, 5.41) is 3.00. The predicted octanol–water partition coefficient (Wildman–Crippen LogP) is 5.00. The van der Waals surface area contributed by atoms with Crippen LogP contribution in [-0.4, -0.2) is 36.3 Å². The van der Waals surface area contributed by atoms with E-state index in [0.29, 0.717) is 6.54 Å². The number of anilines is 1. The minimum absolute atomic E-state index is 0.0612. The summed E-state index contributed by atoms with van der Waals surface area (Å²) in [4.78, 5) is 14.0. The van der Waals surface area contributed by atoms with Gasteiger partial charge in [0.25, 0.3) is 0 Å². The van der Waals surface area contributed by atoms with Gasteiger partial charge in [-0.3, -0.25) is 9.69 Å². The van der Waals surface area contributed by atoms with E-state index >= 15 is 0 Å². The lowest BCUT2D eigenvalue weighted by molar-refractivity contribution is -0.117. The van der Waals surface area contributed by atoms with Gasteiger partial charge in [-0.15, -0.1) is 11.6 Å². The fraction of sp³-hybridized carbons (Fsp3) is 0.632. The molecule has 0 atom stereocenters. The van der Waals surface area contributed by atoms with Gasteiger partial charge in [-0.2, -0.15) is 0 Å². The number of nitrogens with one attached hydrogen (secondary N) is 1. The number of likely N-dealkylation sites (N-methyl/N-ethyl adjacent to an activating group) is 1. The number of carbonyl (C=O) groups is 1. The fourth-order valence-corrected chi connectivity index (χ4v) is 2.37. The lowest BCUT2D eigenvalue weighted by Crippen LogP contribution is -2.33. The van der Waals surface area contributed by atoms with E-state index in [1.54, 1.807) is 0 Å². The second-order valence-corrected chi connectivity index (χ2v) is 6.05. The van der Waals surface area contributed by atoms with Crippen molar-refractivity contribution in [1.29, 1.82) is 0 Å². The summed E-state index contributed by atoms with van der Waals surface area (Å²) in [7, 11) is 0. The Bertz CT molecular complexity index is 421. The van der Waals surface area contributed by atoms with E-state index in [0.717, 1.165) is 35.8 Å². The molecule has 0 aliphatic heterocycles. The van der Waals surface area contributed by atoms with Crippen LogP contribution in [0.15, 0.2) is 18.2 Å². The van der Waals surface area contributed by atoms with Crippen LogP contribution in [0.2, 0.25) is 0 Å². The highest BCUT2D eigenvalue weighted by Crippen LogP contribution is 2.19. The van der Waals surface area contributed by atoms with Crippen molar-refractivity contribution < 1.29 is 4.79 Å². The maximum absolute atomic E-state index is 11.9. The minimum Gasteiger partial charge on any atom is -0.324 e. The van der Waals surface area contributed by atoms with E-state index in [1.165, 1.54) is 19.3 Å². The first-order valence-corrected chi connectivity index (χ1v) is 9.17. The zero-order valence-electron chi connectivity index (χ0n) is 15.4. The Kier molecular flexibility index (Phi) is 12.8. The van der Waals surface area contributed by atoms with Gasteiger partial charge in [0.15, 0.2) is 0 Å². The van der Waals surface area contributed by atoms with Gasteiger partial charge in [0.1, 0.15) is 0 Å². The SMILES string of the molecule is CCCCCCl.CCN(CC)CC(=O)Nc1c(C)cccc1C. The van der Waals surface area contributed by atoms with Crippen molar-refractivity contribution in [1.82, 2.24) is 4.90 Å². The largest absolute Gasteiger partial charge is 0.324 e. The van der Waals surface area contributed by atoms with Gasteiger partial charge in [0.05, 0.1) is 6.54 Å². The quantitative estimate of drug-likeness (QED) is 0.533. The summed E-state index contributed by atoms with van der Waals surface area (Å²) in [5.74, 6) is 0.888. The summed E-state index contributed by atoms with van der Waals surface area (Å²) in [6.07, 6.45) is 3.73. The van der Waals surface area contributed by atoms with Gasteiger partial charge in [-0.05, 0) is 44.5 Å². The molecule has 3 nitrogen and oxygen atoms in total.